The van der Waals surface area contributed by atoms with E-state index in [2.05, 4.69) is 24.3 Å². The highest BCUT2D eigenvalue weighted by atomic mass is 19.1. The maximum atomic E-state index is 13.9. The lowest BCUT2D eigenvalue weighted by Crippen LogP contribution is -2.48. The fourth-order valence-electron chi connectivity index (χ4n) is 4.19. The third-order valence-electron chi connectivity index (χ3n) is 6.25. The van der Waals surface area contributed by atoms with Gasteiger partial charge in [0.25, 0.3) is 0 Å². The molecule has 2 aromatic rings. The molecule has 3 heterocycles. The third kappa shape index (κ3) is 8.52. The van der Waals surface area contributed by atoms with Crippen molar-refractivity contribution in [1.82, 2.24) is 19.9 Å². The van der Waals surface area contributed by atoms with Crippen molar-refractivity contribution in [1.29, 1.82) is 0 Å². The predicted octanol–water partition coefficient (Wildman–Crippen LogP) is 4.57. The number of carbonyl (C=O) groups is 1. The van der Waals surface area contributed by atoms with E-state index in [9.17, 15) is 9.18 Å². The van der Waals surface area contributed by atoms with Crippen LogP contribution in [0, 0.1) is 0 Å². The molecule has 1 aliphatic heterocycles. The number of unbranched alkanes of at least 4 members (excludes halogenated alkanes) is 1. The summed E-state index contributed by atoms with van der Waals surface area (Å²) in [5.41, 5.74) is 2.81. The van der Waals surface area contributed by atoms with Gasteiger partial charge >= 0.3 is 0 Å². The molecule has 1 unspecified atom stereocenters. The molecule has 37 heavy (non-hydrogen) atoms. The van der Waals surface area contributed by atoms with Crippen LogP contribution in [-0.2, 0) is 11.2 Å². The molecule has 1 aliphatic rings. The molecule has 0 bridgehead atoms. The summed E-state index contributed by atoms with van der Waals surface area (Å²) in [6.45, 7) is 8.45. The molecule has 2 aromatic heterocycles. The van der Waals surface area contributed by atoms with Crippen molar-refractivity contribution in [3.8, 4) is 0 Å². The molecular weight excluding hydrogens is 464 g/mol. The van der Waals surface area contributed by atoms with Gasteiger partial charge in [0.2, 0.25) is 5.91 Å². The summed E-state index contributed by atoms with van der Waals surface area (Å²) in [6, 6.07) is 5.86. The molecule has 1 saturated heterocycles. The van der Waals surface area contributed by atoms with E-state index in [0.717, 1.165) is 55.9 Å². The number of allylic oxidation sites excluding steroid dienone is 3. The van der Waals surface area contributed by atoms with Crippen molar-refractivity contribution >= 4 is 37.8 Å². The van der Waals surface area contributed by atoms with E-state index in [4.69, 9.17) is 9.97 Å². The van der Waals surface area contributed by atoms with Gasteiger partial charge in [0.1, 0.15) is 19.8 Å². The fourth-order valence-corrected chi connectivity index (χ4v) is 4.19. The highest BCUT2D eigenvalue weighted by Gasteiger charge is 2.20. The first-order valence-corrected chi connectivity index (χ1v) is 13.2. The summed E-state index contributed by atoms with van der Waals surface area (Å²) in [5.74, 6) is 0.886. The summed E-state index contributed by atoms with van der Waals surface area (Å²) >= 11 is 0. The summed E-state index contributed by atoms with van der Waals surface area (Å²) in [4.78, 5) is 30.9. The van der Waals surface area contributed by atoms with E-state index in [1.54, 1.807) is 36.6 Å². The Morgan fingerprint density at radius 3 is 2.62 bits per heavy atom. The van der Waals surface area contributed by atoms with E-state index >= 15 is 0 Å². The average molecular weight is 501 g/mol. The third-order valence-corrected chi connectivity index (χ3v) is 6.25. The fraction of sp³-hybridized carbons (Fsp3) is 0.379. The highest BCUT2D eigenvalue weighted by Crippen LogP contribution is 2.18. The van der Waals surface area contributed by atoms with Crippen LogP contribution in [-0.4, -0.2) is 66.0 Å². The topological polar surface area (TPSA) is 62.2 Å². The number of aromatic nitrogens is 3. The molecule has 1 fully saturated rings. The SMILES string of the molecule is BCCCCc1nc(/C=C/C(=O)N2CCN(c3ccccn3)CC2)c(C=C)nc1/C=C/CC(F)/C=C\C. The van der Waals surface area contributed by atoms with Crippen molar-refractivity contribution in [2.75, 3.05) is 31.1 Å². The summed E-state index contributed by atoms with van der Waals surface area (Å²) in [5, 5.41) is 0. The Morgan fingerprint density at radius 1 is 1.14 bits per heavy atom. The van der Waals surface area contributed by atoms with Crippen LogP contribution in [0.4, 0.5) is 10.2 Å². The lowest BCUT2D eigenvalue weighted by atomic mass is 9.98. The van der Waals surface area contributed by atoms with Gasteiger partial charge in [-0.05, 0) is 50.1 Å². The van der Waals surface area contributed by atoms with E-state index in [-0.39, 0.29) is 12.3 Å². The smallest absolute Gasteiger partial charge is 0.246 e. The quantitative estimate of drug-likeness (QED) is 0.185. The molecule has 0 aliphatic carbocycles. The number of aryl methyl sites for hydroxylation is 1. The van der Waals surface area contributed by atoms with Gasteiger partial charge in [0.15, 0.2) is 0 Å². The van der Waals surface area contributed by atoms with Crippen LogP contribution < -0.4 is 4.90 Å². The summed E-state index contributed by atoms with van der Waals surface area (Å²) < 4.78 is 13.9. The molecule has 8 heteroatoms. The first kappa shape index (κ1) is 28.0. The Bertz CT molecular complexity index is 1110. The first-order valence-electron chi connectivity index (χ1n) is 13.2. The van der Waals surface area contributed by atoms with Gasteiger partial charge in [0.05, 0.1) is 22.8 Å². The van der Waals surface area contributed by atoms with Crippen LogP contribution in [0.25, 0.3) is 18.2 Å². The minimum Gasteiger partial charge on any atom is -0.353 e. The van der Waals surface area contributed by atoms with E-state index in [1.165, 1.54) is 6.08 Å². The number of alkyl halides is 1. The van der Waals surface area contributed by atoms with E-state index in [0.29, 0.717) is 24.5 Å². The maximum Gasteiger partial charge on any atom is 0.246 e. The maximum absolute atomic E-state index is 13.9. The lowest BCUT2D eigenvalue weighted by molar-refractivity contribution is -0.126. The van der Waals surface area contributed by atoms with Crippen molar-refractivity contribution in [3.63, 3.8) is 0 Å². The number of amides is 1. The Hall–Kier alpha value is -3.55. The van der Waals surface area contributed by atoms with Crippen LogP contribution >= 0.6 is 0 Å². The van der Waals surface area contributed by atoms with Crippen molar-refractivity contribution in [3.05, 3.63) is 78.1 Å². The molecule has 6 nitrogen and oxygen atoms in total. The second-order valence-electron chi connectivity index (χ2n) is 9.00. The zero-order valence-electron chi connectivity index (χ0n) is 22.0. The molecule has 3 rings (SSSR count). The van der Waals surface area contributed by atoms with Crippen LogP contribution in [0.1, 0.15) is 49.0 Å². The largest absolute Gasteiger partial charge is 0.353 e. The van der Waals surface area contributed by atoms with Gasteiger partial charge in [0, 0.05) is 44.9 Å². The van der Waals surface area contributed by atoms with Gasteiger partial charge in [-0.15, -0.1) is 0 Å². The monoisotopic (exact) mass is 501 g/mol. The number of hydrogen-bond acceptors (Lipinski definition) is 5. The molecular formula is C29H37BFN5O. The molecule has 1 atom stereocenters. The summed E-state index contributed by atoms with van der Waals surface area (Å²) in [6.07, 6.45) is 16.9. The molecule has 0 N–H and O–H groups in total. The van der Waals surface area contributed by atoms with Crippen LogP contribution in [0.2, 0.25) is 6.32 Å². The molecule has 0 saturated carbocycles. The van der Waals surface area contributed by atoms with Crippen LogP contribution in [0.15, 0.2) is 55.3 Å². The van der Waals surface area contributed by atoms with Gasteiger partial charge in [-0.2, -0.15) is 0 Å². The average Bonchev–Trinajstić information content (AvgIpc) is 2.93. The number of nitrogens with zero attached hydrogens (tertiary/aromatic N) is 5. The highest BCUT2D eigenvalue weighted by molar-refractivity contribution is 6.08. The molecule has 194 valence electrons. The number of halogens is 1. The predicted molar refractivity (Wildman–Crippen MR) is 154 cm³/mol. The second kappa shape index (κ2) is 14.9. The van der Waals surface area contributed by atoms with Crippen LogP contribution in [0.3, 0.4) is 0 Å². The first-order chi connectivity index (χ1) is 18.0. The Morgan fingerprint density at radius 2 is 1.95 bits per heavy atom. The van der Waals surface area contributed by atoms with Gasteiger partial charge in [-0.1, -0.05) is 43.6 Å². The van der Waals surface area contributed by atoms with Gasteiger partial charge in [-0.25, -0.2) is 19.3 Å². The number of rotatable bonds is 12. The Kier molecular flexibility index (Phi) is 11.3. The number of hydrogen-bond donors (Lipinski definition) is 0. The Labute approximate surface area is 221 Å². The minimum absolute atomic E-state index is 0.0491. The lowest BCUT2D eigenvalue weighted by Gasteiger charge is -2.34. The zero-order valence-corrected chi connectivity index (χ0v) is 22.0. The van der Waals surface area contributed by atoms with Crippen molar-refractivity contribution in [2.45, 2.75) is 45.1 Å². The number of anilines is 1. The molecule has 0 spiro atoms. The normalized spacial score (nSPS) is 15.2. The van der Waals surface area contributed by atoms with E-state index < -0.39 is 6.17 Å². The van der Waals surface area contributed by atoms with Gasteiger partial charge in [-0.3, -0.25) is 4.79 Å². The van der Waals surface area contributed by atoms with Gasteiger partial charge < -0.3 is 9.80 Å². The standard InChI is InChI=1S/C29H37BFN5O/c1-3-10-23(31)11-9-13-26-25(12-5-7-17-30)34-27(24(4-2)33-26)15-16-29(37)36-21-19-35(20-22-36)28-14-6-8-18-32-28/h3-4,6,8-10,13-16,18,23H,2,5,7,11-12,17,19-22,30H2,1H3/b10-3-,13-9+,16-15+. The minimum atomic E-state index is -1.02. The number of piperazine rings is 1. The summed E-state index contributed by atoms with van der Waals surface area (Å²) in [7, 11) is 2.16. The molecule has 0 aromatic carbocycles. The van der Waals surface area contributed by atoms with Crippen molar-refractivity contribution in [2.24, 2.45) is 0 Å². The number of carbonyl (C=O) groups excluding carboxylic acids is 1. The molecule has 1 amide bonds. The zero-order chi connectivity index (χ0) is 26.5. The Balaban J connectivity index is 1.72. The molecule has 0 radical (unpaired) electrons. The van der Waals surface area contributed by atoms with E-state index in [1.807, 2.05) is 36.1 Å². The van der Waals surface area contributed by atoms with Crippen molar-refractivity contribution < 1.29 is 9.18 Å². The van der Waals surface area contributed by atoms with Crippen LogP contribution in [0.5, 0.6) is 0 Å². The number of pyridine rings is 1. The second-order valence-corrected chi connectivity index (χ2v) is 9.00.